The highest BCUT2D eigenvalue weighted by Gasteiger charge is 2.32. The Morgan fingerprint density at radius 2 is 2.15 bits per heavy atom. The first kappa shape index (κ1) is 14.2. The van der Waals surface area contributed by atoms with Gasteiger partial charge in [-0.1, -0.05) is 11.6 Å². The summed E-state index contributed by atoms with van der Waals surface area (Å²) in [5.41, 5.74) is 5.20. The van der Waals surface area contributed by atoms with Gasteiger partial charge in [-0.2, -0.15) is 0 Å². The molecule has 1 aliphatic rings. The van der Waals surface area contributed by atoms with E-state index in [1.165, 1.54) is 0 Å². The first-order valence-electron chi connectivity index (χ1n) is 6.26. The lowest BCUT2D eigenvalue weighted by Crippen LogP contribution is -2.42. The number of oxime groups is 1. The van der Waals surface area contributed by atoms with Gasteiger partial charge in [-0.3, -0.25) is 4.79 Å². The minimum atomic E-state index is -0.790. The molecule has 0 saturated heterocycles. The van der Waals surface area contributed by atoms with Crippen LogP contribution in [0.2, 0.25) is 0 Å². The second-order valence-corrected chi connectivity index (χ2v) is 4.77. The van der Waals surface area contributed by atoms with Gasteiger partial charge >= 0.3 is 0 Å². The third-order valence-corrected chi connectivity index (χ3v) is 3.50. The molecule has 4 N–H and O–H groups in total. The molecular weight excluding hydrogens is 268 g/mol. The van der Waals surface area contributed by atoms with Crippen molar-refractivity contribution in [2.24, 2.45) is 16.8 Å². The quantitative estimate of drug-likeness (QED) is 0.341. The summed E-state index contributed by atoms with van der Waals surface area (Å²) in [5.74, 6) is -2.43. The van der Waals surface area contributed by atoms with E-state index in [9.17, 15) is 13.6 Å². The summed E-state index contributed by atoms with van der Waals surface area (Å²) in [4.78, 5) is 12.0. The van der Waals surface area contributed by atoms with Crippen molar-refractivity contribution in [1.82, 2.24) is 5.32 Å². The van der Waals surface area contributed by atoms with Crippen molar-refractivity contribution >= 4 is 11.7 Å². The fourth-order valence-electron chi connectivity index (χ4n) is 2.48. The largest absolute Gasteiger partial charge is 0.409 e. The van der Waals surface area contributed by atoms with Crippen molar-refractivity contribution in [2.75, 3.05) is 0 Å². The first-order chi connectivity index (χ1) is 9.52. The summed E-state index contributed by atoms with van der Waals surface area (Å²) in [5, 5.41) is 14.2. The number of amides is 1. The molecule has 7 heteroatoms. The zero-order valence-electron chi connectivity index (χ0n) is 10.6. The summed E-state index contributed by atoms with van der Waals surface area (Å²) in [6, 6.07) is 2.35. The van der Waals surface area contributed by atoms with Gasteiger partial charge in [0.05, 0.1) is 5.56 Å². The van der Waals surface area contributed by atoms with Crippen LogP contribution in [0.4, 0.5) is 8.78 Å². The molecule has 1 fully saturated rings. The van der Waals surface area contributed by atoms with Crippen molar-refractivity contribution in [3.8, 4) is 0 Å². The first-order valence-corrected chi connectivity index (χ1v) is 6.26. The predicted molar refractivity (Wildman–Crippen MR) is 68.4 cm³/mol. The predicted octanol–water partition coefficient (Wildman–Crippen LogP) is 1.61. The van der Waals surface area contributed by atoms with Crippen molar-refractivity contribution in [3.05, 3.63) is 35.4 Å². The number of halogens is 2. The van der Waals surface area contributed by atoms with Crippen molar-refractivity contribution in [2.45, 2.75) is 25.3 Å². The van der Waals surface area contributed by atoms with Crippen LogP contribution in [0.5, 0.6) is 0 Å². The van der Waals surface area contributed by atoms with Gasteiger partial charge in [-0.25, -0.2) is 8.78 Å². The highest BCUT2D eigenvalue weighted by Crippen LogP contribution is 2.26. The number of carbonyl (C=O) groups is 1. The van der Waals surface area contributed by atoms with E-state index in [1.54, 1.807) is 0 Å². The van der Waals surface area contributed by atoms with E-state index in [0.717, 1.165) is 24.6 Å². The molecule has 0 radical (unpaired) electrons. The zero-order valence-corrected chi connectivity index (χ0v) is 10.6. The molecule has 0 bridgehead atoms. The van der Waals surface area contributed by atoms with Gasteiger partial charge in [0.2, 0.25) is 0 Å². The average Bonchev–Trinajstić information content (AvgIpc) is 2.88. The molecule has 0 heterocycles. The Bertz CT molecular complexity index is 548. The Morgan fingerprint density at radius 3 is 2.85 bits per heavy atom. The third-order valence-electron chi connectivity index (χ3n) is 3.50. The molecule has 108 valence electrons. The smallest absolute Gasteiger partial charge is 0.254 e. The maximum Gasteiger partial charge on any atom is 0.254 e. The van der Waals surface area contributed by atoms with Crippen LogP contribution < -0.4 is 11.1 Å². The number of nitrogens with two attached hydrogens (primary N) is 1. The summed E-state index contributed by atoms with van der Waals surface area (Å²) in [6.07, 6.45) is 2.12. The standard InChI is InChI=1S/C13H15F2N3O2/c14-7-4-5-10(15)9(6-7)13(19)17-11-3-1-2-8(11)12(16)18-20/h4-6,8,11,20H,1-3H2,(H2,16,18)(H,17,19). The van der Waals surface area contributed by atoms with Gasteiger partial charge in [0.15, 0.2) is 0 Å². The lowest BCUT2D eigenvalue weighted by Gasteiger charge is -2.20. The number of benzene rings is 1. The van der Waals surface area contributed by atoms with Crippen LogP contribution in [0.15, 0.2) is 23.4 Å². The summed E-state index contributed by atoms with van der Waals surface area (Å²) < 4.78 is 26.6. The topological polar surface area (TPSA) is 87.7 Å². The molecule has 1 aliphatic carbocycles. The summed E-state index contributed by atoms with van der Waals surface area (Å²) in [7, 11) is 0. The van der Waals surface area contributed by atoms with Crippen molar-refractivity contribution in [1.29, 1.82) is 0 Å². The second-order valence-electron chi connectivity index (χ2n) is 4.77. The van der Waals surface area contributed by atoms with E-state index in [-0.39, 0.29) is 23.4 Å². The van der Waals surface area contributed by atoms with E-state index in [1.807, 2.05) is 0 Å². The van der Waals surface area contributed by atoms with E-state index in [0.29, 0.717) is 12.8 Å². The second kappa shape index (κ2) is 5.85. The van der Waals surface area contributed by atoms with Gasteiger partial charge in [-0.15, -0.1) is 0 Å². The number of hydrogen-bond acceptors (Lipinski definition) is 3. The molecule has 20 heavy (non-hydrogen) atoms. The van der Waals surface area contributed by atoms with Crippen LogP contribution in [-0.2, 0) is 0 Å². The van der Waals surface area contributed by atoms with Gasteiger partial charge in [0, 0.05) is 12.0 Å². The molecule has 1 amide bonds. The van der Waals surface area contributed by atoms with E-state index < -0.39 is 17.5 Å². The minimum absolute atomic E-state index is 0.0347. The van der Waals surface area contributed by atoms with Crippen molar-refractivity contribution in [3.63, 3.8) is 0 Å². The molecular formula is C13H15F2N3O2. The maximum atomic E-state index is 13.5. The number of rotatable bonds is 3. The number of hydrogen-bond donors (Lipinski definition) is 3. The molecule has 2 rings (SSSR count). The normalized spacial score (nSPS) is 22.8. The van der Waals surface area contributed by atoms with Gasteiger partial charge in [0.1, 0.15) is 17.5 Å². The summed E-state index contributed by atoms with van der Waals surface area (Å²) in [6.45, 7) is 0. The molecule has 0 aromatic heterocycles. The van der Waals surface area contributed by atoms with E-state index in [2.05, 4.69) is 10.5 Å². The zero-order chi connectivity index (χ0) is 14.7. The number of nitrogens with one attached hydrogen (secondary N) is 1. The molecule has 0 spiro atoms. The number of nitrogens with zero attached hydrogens (tertiary/aromatic N) is 1. The fourth-order valence-corrected chi connectivity index (χ4v) is 2.48. The van der Waals surface area contributed by atoms with E-state index in [4.69, 9.17) is 10.9 Å². The Kier molecular flexibility index (Phi) is 4.16. The molecule has 2 atom stereocenters. The van der Waals surface area contributed by atoms with Crippen LogP contribution in [-0.4, -0.2) is 23.0 Å². The Balaban J connectivity index is 2.13. The molecule has 1 saturated carbocycles. The molecule has 2 unspecified atom stereocenters. The van der Waals surface area contributed by atoms with Gasteiger partial charge < -0.3 is 16.3 Å². The van der Waals surface area contributed by atoms with Crippen LogP contribution in [0.25, 0.3) is 0 Å². The van der Waals surface area contributed by atoms with Crippen LogP contribution >= 0.6 is 0 Å². The molecule has 1 aromatic rings. The fraction of sp³-hybridized carbons (Fsp3) is 0.385. The van der Waals surface area contributed by atoms with E-state index >= 15 is 0 Å². The Morgan fingerprint density at radius 1 is 1.40 bits per heavy atom. The number of amidine groups is 1. The lowest BCUT2D eigenvalue weighted by molar-refractivity contribution is 0.0928. The monoisotopic (exact) mass is 283 g/mol. The highest BCUT2D eigenvalue weighted by molar-refractivity contribution is 5.95. The number of carbonyl (C=O) groups excluding carboxylic acids is 1. The third kappa shape index (κ3) is 2.87. The van der Waals surface area contributed by atoms with Gasteiger partial charge in [-0.05, 0) is 31.0 Å². The van der Waals surface area contributed by atoms with Crippen LogP contribution in [0.3, 0.4) is 0 Å². The SMILES string of the molecule is NC(=NO)C1CCCC1NC(=O)c1cc(F)ccc1F. The minimum Gasteiger partial charge on any atom is -0.409 e. The molecule has 5 nitrogen and oxygen atoms in total. The lowest BCUT2D eigenvalue weighted by atomic mass is 10.0. The van der Waals surface area contributed by atoms with Crippen LogP contribution in [0.1, 0.15) is 29.6 Å². The highest BCUT2D eigenvalue weighted by atomic mass is 19.1. The summed E-state index contributed by atoms with van der Waals surface area (Å²) >= 11 is 0. The maximum absolute atomic E-state index is 13.5. The van der Waals surface area contributed by atoms with Crippen molar-refractivity contribution < 1.29 is 18.8 Å². The Hall–Kier alpha value is -2.18. The molecule has 0 aliphatic heterocycles. The average molecular weight is 283 g/mol. The molecule has 1 aromatic carbocycles. The van der Waals surface area contributed by atoms with Crippen LogP contribution in [0, 0.1) is 17.6 Å². The van der Waals surface area contributed by atoms with Gasteiger partial charge in [0.25, 0.3) is 5.91 Å². The Labute approximate surface area is 114 Å².